The van der Waals surface area contributed by atoms with Gasteiger partial charge < -0.3 is 0 Å². The topological polar surface area (TPSA) is 44.6 Å². The zero-order valence-corrected chi connectivity index (χ0v) is 10.5. The van der Waals surface area contributed by atoms with Gasteiger partial charge in [-0.15, -0.1) is 0 Å². The molecule has 2 N–H and O–H groups in total. The van der Waals surface area contributed by atoms with E-state index in [9.17, 15) is 0 Å². The summed E-state index contributed by atoms with van der Waals surface area (Å²) in [4.78, 5) is 0. The third kappa shape index (κ3) is 1.87. The highest BCUT2D eigenvalue weighted by atomic mass is 35.5. The molecule has 0 aliphatic carbocycles. The van der Waals surface area contributed by atoms with Gasteiger partial charge in [-0.05, 0) is 18.2 Å². The van der Waals surface area contributed by atoms with Gasteiger partial charge in [0.1, 0.15) is 0 Å². The minimum atomic E-state index is 0.553. The van der Waals surface area contributed by atoms with Crippen molar-refractivity contribution in [2.45, 2.75) is 13.0 Å². The molecule has 2 heterocycles. The summed E-state index contributed by atoms with van der Waals surface area (Å²) in [6.07, 6.45) is 1.09. The van der Waals surface area contributed by atoms with Crippen LogP contribution in [0.4, 0.5) is 5.95 Å². The smallest absolute Gasteiger partial charge is 0.292 e. The lowest BCUT2D eigenvalue weighted by molar-refractivity contribution is -0.675. The van der Waals surface area contributed by atoms with Gasteiger partial charge in [-0.25, -0.2) is 4.57 Å². The number of nitrogens with zero attached hydrogens (tertiary/aromatic N) is 2. The highest BCUT2D eigenvalue weighted by Crippen LogP contribution is 2.26. The fourth-order valence-corrected chi connectivity index (χ4v) is 2.28. The summed E-state index contributed by atoms with van der Waals surface area (Å²) in [5, 5.41) is 11.6. The molecular weight excluding hydrogens is 259 g/mol. The van der Waals surface area contributed by atoms with Crippen LogP contribution < -0.4 is 9.88 Å². The average molecular weight is 270 g/mol. The summed E-state index contributed by atoms with van der Waals surface area (Å²) >= 11 is 11.9. The second-order valence-electron chi connectivity index (χ2n) is 3.96. The maximum Gasteiger partial charge on any atom is 0.377 e. The Morgan fingerprint density at radius 3 is 2.94 bits per heavy atom. The molecular formula is C11H11Cl2N4+. The summed E-state index contributed by atoms with van der Waals surface area (Å²) in [7, 11) is 0. The van der Waals surface area contributed by atoms with Crippen molar-refractivity contribution in [2.75, 3.05) is 11.9 Å². The van der Waals surface area contributed by atoms with Crippen LogP contribution in [0.15, 0.2) is 18.2 Å². The van der Waals surface area contributed by atoms with E-state index in [1.54, 1.807) is 6.07 Å². The first-order chi connectivity index (χ1) is 8.25. The van der Waals surface area contributed by atoms with Crippen LogP contribution in [0.5, 0.6) is 0 Å². The van der Waals surface area contributed by atoms with E-state index in [1.807, 2.05) is 12.1 Å². The number of halogens is 2. The quantitative estimate of drug-likeness (QED) is 0.782. The second kappa shape index (κ2) is 4.20. The maximum absolute atomic E-state index is 6.02. The molecule has 0 amide bonds. The molecule has 1 aromatic carbocycles. The molecule has 17 heavy (non-hydrogen) atoms. The highest BCUT2D eigenvalue weighted by molar-refractivity contribution is 6.42. The molecule has 0 unspecified atom stereocenters. The molecule has 0 fully saturated rings. The summed E-state index contributed by atoms with van der Waals surface area (Å²) in [5.41, 5.74) is 0.988. The standard InChI is InChI=1S/C11H10Cl2N4/c12-8-3-2-7(6-9(8)13)10-15-16-11-14-4-1-5-17(10)11/h2-3,6H,1,4-5H2,(H,14,16)/p+1. The predicted octanol–water partition coefficient (Wildman–Crippen LogP) is 2.49. The minimum absolute atomic E-state index is 0.553. The van der Waals surface area contributed by atoms with E-state index >= 15 is 0 Å². The first-order valence-electron chi connectivity index (χ1n) is 5.43. The molecule has 0 spiro atoms. The van der Waals surface area contributed by atoms with Crippen LogP contribution >= 0.6 is 23.2 Å². The van der Waals surface area contributed by atoms with Gasteiger partial charge in [-0.3, -0.25) is 5.32 Å². The van der Waals surface area contributed by atoms with Crippen molar-refractivity contribution in [3.05, 3.63) is 28.2 Å². The number of aromatic amines is 1. The van der Waals surface area contributed by atoms with E-state index < -0.39 is 0 Å². The fraction of sp³-hybridized carbons (Fsp3) is 0.273. The van der Waals surface area contributed by atoms with Crippen molar-refractivity contribution >= 4 is 29.2 Å². The molecule has 1 aromatic heterocycles. The van der Waals surface area contributed by atoms with Crippen LogP contribution in [-0.4, -0.2) is 16.7 Å². The SMILES string of the molecule is Clc1ccc(-c2[nH]nc3[n+]2CCCN3)cc1Cl. The van der Waals surface area contributed by atoms with Crippen LogP contribution in [0.2, 0.25) is 10.0 Å². The molecule has 2 aromatic rings. The Kier molecular flexibility index (Phi) is 2.68. The summed E-state index contributed by atoms with van der Waals surface area (Å²) in [6.45, 7) is 1.92. The number of rotatable bonds is 1. The van der Waals surface area contributed by atoms with Gasteiger partial charge >= 0.3 is 5.95 Å². The van der Waals surface area contributed by atoms with Gasteiger partial charge in [0.25, 0.3) is 0 Å². The van der Waals surface area contributed by atoms with Crippen molar-refractivity contribution in [1.29, 1.82) is 0 Å². The Hall–Kier alpha value is -1.26. The molecule has 0 bridgehead atoms. The lowest BCUT2D eigenvalue weighted by Gasteiger charge is -2.10. The van der Waals surface area contributed by atoms with Crippen molar-refractivity contribution in [1.82, 2.24) is 10.2 Å². The van der Waals surface area contributed by atoms with Crippen LogP contribution in [0.25, 0.3) is 11.4 Å². The molecule has 4 nitrogen and oxygen atoms in total. The minimum Gasteiger partial charge on any atom is -0.292 e. The van der Waals surface area contributed by atoms with E-state index in [-0.39, 0.29) is 0 Å². The number of aromatic nitrogens is 3. The number of benzene rings is 1. The van der Waals surface area contributed by atoms with Crippen LogP contribution in [0, 0.1) is 0 Å². The molecule has 3 rings (SSSR count). The Labute approximate surface area is 109 Å². The number of H-pyrrole nitrogens is 1. The van der Waals surface area contributed by atoms with Crippen molar-refractivity contribution in [2.24, 2.45) is 0 Å². The predicted molar refractivity (Wildman–Crippen MR) is 67.3 cm³/mol. The maximum atomic E-state index is 6.02. The van der Waals surface area contributed by atoms with Crippen molar-refractivity contribution in [3.63, 3.8) is 0 Å². The number of anilines is 1. The highest BCUT2D eigenvalue weighted by Gasteiger charge is 2.23. The molecule has 6 heteroatoms. The van der Waals surface area contributed by atoms with Gasteiger partial charge in [-0.2, -0.15) is 5.10 Å². The Morgan fingerprint density at radius 2 is 2.12 bits per heavy atom. The Balaban J connectivity index is 2.09. The molecule has 0 radical (unpaired) electrons. The molecule has 1 aliphatic heterocycles. The van der Waals surface area contributed by atoms with Gasteiger partial charge in [-0.1, -0.05) is 23.2 Å². The second-order valence-corrected chi connectivity index (χ2v) is 4.77. The first kappa shape index (κ1) is 10.9. The largest absolute Gasteiger partial charge is 0.377 e. The zero-order chi connectivity index (χ0) is 11.8. The van der Waals surface area contributed by atoms with Crippen molar-refractivity contribution < 1.29 is 4.57 Å². The van der Waals surface area contributed by atoms with E-state index in [4.69, 9.17) is 23.2 Å². The van der Waals surface area contributed by atoms with E-state index in [2.05, 4.69) is 20.1 Å². The molecule has 1 aliphatic rings. The Morgan fingerprint density at radius 1 is 1.24 bits per heavy atom. The molecule has 0 saturated carbocycles. The van der Waals surface area contributed by atoms with Crippen LogP contribution in [-0.2, 0) is 6.54 Å². The average Bonchev–Trinajstić information content (AvgIpc) is 2.76. The van der Waals surface area contributed by atoms with Crippen LogP contribution in [0.1, 0.15) is 6.42 Å². The third-order valence-electron chi connectivity index (χ3n) is 2.83. The van der Waals surface area contributed by atoms with E-state index in [0.29, 0.717) is 10.0 Å². The summed E-state index contributed by atoms with van der Waals surface area (Å²) in [5.74, 6) is 1.82. The monoisotopic (exact) mass is 269 g/mol. The molecule has 0 saturated heterocycles. The lowest BCUT2D eigenvalue weighted by atomic mass is 10.2. The van der Waals surface area contributed by atoms with Gasteiger partial charge in [0, 0.05) is 17.1 Å². The molecule has 0 atom stereocenters. The zero-order valence-electron chi connectivity index (χ0n) is 9.00. The fourth-order valence-electron chi connectivity index (χ4n) is 1.99. The Bertz CT molecular complexity index is 565. The van der Waals surface area contributed by atoms with Gasteiger partial charge in [0.05, 0.1) is 23.1 Å². The van der Waals surface area contributed by atoms with E-state index in [1.165, 1.54) is 0 Å². The van der Waals surface area contributed by atoms with Crippen LogP contribution in [0.3, 0.4) is 0 Å². The van der Waals surface area contributed by atoms with E-state index in [0.717, 1.165) is 36.8 Å². The van der Waals surface area contributed by atoms with Gasteiger partial charge in [0.2, 0.25) is 5.82 Å². The number of nitrogens with one attached hydrogen (secondary N) is 2. The summed E-state index contributed by atoms with van der Waals surface area (Å²) < 4.78 is 2.11. The number of fused-ring (bicyclic) bond motifs is 1. The van der Waals surface area contributed by atoms with Gasteiger partial charge in [0.15, 0.2) is 0 Å². The number of hydrogen-bond donors (Lipinski definition) is 2. The normalized spacial score (nSPS) is 14.2. The summed E-state index contributed by atoms with van der Waals surface area (Å²) in [6, 6.07) is 5.58. The van der Waals surface area contributed by atoms with Crippen molar-refractivity contribution in [3.8, 4) is 11.4 Å². The third-order valence-corrected chi connectivity index (χ3v) is 3.57. The number of hydrogen-bond acceptors (Lipinski definition) is 2. The first-order valence-corrected chi connectivity index (χ1v) is 6.19. The lowest BCUT2D eigenvalue weighted by Crippen LogP contribution is -2.42. The molecule has 88 valence electrons.